The Balaban J connectivity index is 1.43. The number of piperazine rings is 1. The minimum Gasteiger partial charge on any atom is -0.494 e. The molecule has 1 saturated heterocycles. The highest BCUT2D eigenvalue weighted by molar-refractivity contribution is 7.22. The molecule has 0 unspecified atom stereocenters. The topological polar surface area (TPSA) is 54.9 Å². The van der Waals surface area contributed by atoms with Crippen molar-refractivity contribution in [1.29, 1.82) is 0 Å². The second kappa shape index (κ2) is 6.49. The molecule has 0 radical (unpaired) electrons. The lowest BCUT2D eigenvalue weighted by Crippen LogP contribution is -2.49. The fourth-order valence-corrected chi connectivity index (χ4v) is 4.05. The van der Waals surface area contributed by atoms with E-state index in [0.29, 0.717) is 32.1 Å². The van der Waals surface area contributed by atoms with Gasteiger partial charge < -0.3 is 19.3 Å². The first-order chi connectivity index (χ1) is 11.7. The zero-order chi connectivity index (χ0) is 16.5. The highest BCUT2D eigenvalue weighted by Gasteiger charge is 2.27. The number of hydrogen-bond acceptors (Lipinski definition) is 6. The van der Waals surface area contributed by atoms with Gasteiger partial charge in [-0.05, 0) is 18.2 Å². The molecule has 0 saturated carbocycles. The molecule has 6 nitrogen and oxygen atoms in total. The third-order valence-electron chi connectivity index (χ3n) is 4.04. The quantitative estimate of drug-likeness (QED) is 0.818. The number of thiazole rings is 1. The first kappa shape index (κ1) is 15.5. The Hall–Kier alpha value is -1.99. The SMILES string of the molecule is O=C(C1=COCCO1)N1CCN(c2nc3ccc(Cl)cc3s2)CC1. The van der Waals surface area contributed by atoms with Crippen molar-refractivity contribution in [1.82, 2.24) is 9.88 Å². The number of rotatable bonds is 2. The van der Waals surface area contributed by atoms with Crippen LogP contribution in [0.5, 0.6) is 0 Å². The molecule has 8 heteroatoms. The van der Waals surface area contributed by atoms with Crippen molar-refractivity contribution in [3.8, 4) is 0 Å². The number of aromatic nitrogens is 1. The Morgan fingerprint density at radius 1 is 1.21 bits per heavy atom. The minimum atomic E-state index is -0.106. The van der Waals surface area contributed by atoms with Crippen LogP contribution in [0, 0.1) is 0 Å². The average molecular weight is 366 g/mol. The molecule has 2 aliphatic rings. The third-order valence-corrected chi connectivity index (χ3v) is 5.35. The Bertz CT molecular complexity index is 799. The summed E-state index contributed by atoms with van der Waals surface area (Å²) in [4.78, 5) is 21.0. The van der Waals surface area contributed by atoms with Crippen LogP contribution >= 0.6 is 22.9 Å². The maximum absolute atomic E-state index is 12.4. The normalized spacial score (nSPS) is 18.1. The number of fused-ring (bicyclic) bond motifs is 1. The van der Waals surface area contributed by atoms with E-state index in [1.54, 1.807) is 16.2 Å². The number of amides is 1. The number of benzene rings is 1. The number of hydrogen-bond donors (Lipinski definition) is 0. The van der Waals surface area contributed by atoms with Crippen LogP contribution < -0.4 is 4.90 Å². The summed E-state index contributed by atoms with van der Waals surface area (Å²) in [6, 6.07) is 5.72. The van der Waals surface area contributed by atoms with Crippen molar-refractivity contribution in [3.63, 3.8) is 0 Å². The molecule has 0 N–H and O–H groups in total. The van der Waals surface area contributed by atoms with Crippen molar-refractivity contribution in [2.75, 3.05) is 44.3 Å². The van der Waals surface area contributed by atoms with Gasteiger partial charge in [-0.3, -0.25) is 4.79 Å². The summed E-state index contributed by atoms with van der Waals surface area (Å²) in [7, 11) is 0. The summed E-state index contributed by atoms with van der Waals surface area (Å²) in [5, 5.41) is 1.69. The van der Waals surface area contributed by atoms with Crippen molar-refractivity contribution < 1.29 is 14.3 Å². The number of nitrogens with zero attached hydrogens (tertiary/aromatic N) is 3. The average Bonchev–Trinajstić information content (AvgIpc) is 3.05. The molecule has 24 heavy (non-hydrogen) atoms. The van der Waals surface area contributed by atoms with E-state index in [9.17, 15) is 4.79 Å². The molecule has 126 valence electrons. The summed E-state index contributed by atoms with van der Waals surface area (Å²) in [5.41, 5.74) is 0.954. The van der Waals surface area contributed by atoms with E-state index in [2.05, 4.69) is 9.88 Å². The van der Waals surface area contributed by atoms with E-state index >= 15 is 0 Å². The Labute approximate surface area is 148 Å². The molecule has 0 spiro atoms. The molecule has 3 heterocycles. The summed E-state index contributed by atoms with van der Waals surface area (Å²) in [6.45, 7) is 3.67. The number of anilines is 1. The van der Waals surface area contributed by atoms with Gasteiger partial charge in [-0.2, -0.15) is 0 Å². The fraction of sp³-hybridized carbons (Fsp3) is 0.375. The molecule has 2 aliphatic heterocycles. The summed E-state index contributed by atoms with van der Waals surface area (Å²) in [5.74, 6) is 0.190. The predicted molar refractivity (Wildman–Crippen MR) is 93.4 cm³/mol. The third kappa shape index (κ3) is 3.01. The van der Waals surface area contributed by atoms with Crippen LogP contribution in [0.1, 0.15) is 0 Å². The van der Waals surface area contributed by atoms with E-state index in [1.165, 1.54) is 6.26 Å². The van der Waals surface area contributed by atoms with E-state index in [0.717, 1.165) is 33.5 Å². The van der Waals surface area contributed by atoms with Crippen LogP contribution in [0.2, 0.25) is 5.02 Å². The van der Waals surface area contributed by atoms with Crippen LogP contribution in [0.3, 0.4) is 0 Å². The van der Waals surface area contributed by atoms with Crippen LogP contribution in [-0.2, 0) is 14.3 Å². The van der Waals surface area contributed by atoms with Gasteiger partial charge in [0.15, 0.2) is 5.13 Å². The first-order valence-electron chi connectivity index (χ1n) is 7.75. The monoisotopic (exact) mass is 365 g/mol. The number of ether oxygens (including phenoxy) is 2. The summed E-state index contributed by atoms with van der Waals surface area (Å²) >= 11 is 7.66. The second-order valence-corrected chi connectivity index (χ2v) is 7.03. The van der Waals surface area contributed by atoms with Gasteiger partial charge in [0.05, 0.1) is 10.2 Å². The molecular formula is C16H16ClN3O3S. The highest BCUT2D eigenvalue weighted by atomic mass is 35.5. The highest BCUT2D eigenvalue weighted by Crippen LogP contribution is 2.31. The van der Waals surface area contributed by atoms with Crippen molar-refractivity contribution in [3.05, 3.63) is 35.2 Å². The maximum atomic E-state index is 12.4. The predicted octanol–water partition coefficient (Wildman–Crippen LogP) is 2.49. The molecule has 2 aromatic rings. The molecule has 1 aromatic carbocycles. The molecule has 0 bridgehead atoms. The number of halogens is 1. The fourth-order valence-electron chi connectivity index (χ4n) is 2.76. The van der Waals surface area contributed by atoms with Crippen LogP contribution in [-0.4, -0.2) is 55.2 Å². The lowest BCUT2D eigenvalue weighted by molar-refractivity contribution is -0.132. The smallest absolute Gasteiger partial charge is 0.292 e. The zero-order valence-corrected chi connectivity index (χ0v) is 14.5. The van der Waals surface area contributed by atoms with Gasteiger partial charge in [-0.1, -0.05) is 22.9 Å². The van der Waals surface area contributed by atoms with Gasteiger partial charge in [0, 0.05) is 31.2 Å². The van der Waals surface area contributed by atoms with Crippen LogP contribution in [0.15, 0.2) is 30.2 Å². The first-order valence-corrected chi connectivity index (χ1v) is 8.95. The van der Waals surface area contributed by atoms with Gasteiger partial charge in [-0.15, -0.1) is 0 Å². The molecule has 0 atom stereocenters. The molecule has 1 fully saturated rings. The van der Waals surface area contributed by atoms with E-state index < -0.39 is 0 Å². The van der Waals surface area contributed by atoms with Gasteiger partial charge in [0.1, 0.15) is 19.5 Å². The summed E-state index contributed by atoms with van der Waals surface area (Å²) in [6.07, 6.45) is 1.41. The molecular weight excluding hydrogens is 350 g/mol. The van der Waals surface area contributed by atoms with Gasteiger partial charge in [0.25, 0.3) is 5.91 Å². The molecule has 4 rings (SSSR count). The standard InChI is InChI=1S/C16H16ClN3O3S/c17-11-1-2-12-14(9-11)24-16(18-12)20-5-3-19(4-6-20)15(21)13-10-22-7-8-23-13/h1-2,9-10H,3-8H2. The van der Waals surface area contributed by atoms with Crippen LogP contribution in [0.4, 0.5) is 5.13 Å². The Kier molecular flexibility index (Phi) is 4.20. The summed E-state index contributed by atoms with van der Waals surface area (Å²) < 4.78 is 11.6. The van der Waals surface area contributed by atoms with E-state index in [4.69, 9.17) is 21.1 Å². The molecule has 1 aromatic heterocycles. The largest absolute Gasteiger partial charge is 0.494 e. The number of carbonyl (C=O) groups is 1. The van der Waals surface area contributed by atoms with E-state index in [1.807, 2.05) is 18.2 Å². The Morgan fingerprint density at radius 3 is 2.79 bits per heavy atom. The van der Waals surface area contributed by atoms with E-state index in [-0.39, 0.29) is 5.91 Å². The van der Waals surface area contributed by atoms with Gasteiger partial charge in [0.2, 0.25) is 5.76 Å². The van der Waals surface area contributed by atoms with Gasteiger partial charge in [-0.25, -0.2) is 4.98 Å². The van der Waals surface area contributed by atoms with Crippen molar-refractivity contribution in [2.45, 2.75) is 0 Å². The lowest BCUT2D eigenvalue weighted by Gasteiger charge is -2.35. The lowest BCUT2D eigenvalue weighted by atomic mass is 10.3. The number of carbonyl (C=O) groups excluding carboxylic acids is 1. The molecule has 0 aliphatic carbocycles. The Morgan fingerprint density at radius 2 is 2.04 bits per heavy atom. The zero-order valence-electron chi connectivity index (χ0n) is 12.9. The van der Waals surface area contributed by atoms with Crippen molar-refractivity contribution >= 4 is 44.2 Å². The maximum Gasteiger partial charge on any atom is 0.292 e. The second-order valence-electron chi connectivity index (χ2n) is 5.59. The van der Waals surface area contributed by atoms with Gasteiger partial charge >= 0.3 is 0 Å². The molecule has 1 amide bonds. The van der Waals surface area contributed by atoms with Crippen molar-refractivity contribution in [2.24, 2.45) is 0 Å². The minimum absolute atomic E-state index is 0.106. The van der Waals surface area contributed by atoms with Crippen LogP contribution in [0.25, 0.3) is 10.2 Å².